The summed E-state index contributed by atoms with van der Waals surface area (Å²) >= 11 is 0. The fraction of sp³-hybridized carbons (Fsp3) is 0.657. The van der Waals surface area contributed by atoms with Crippen molar-refractivity contribution < 1.29 is 38.2 Å². The molecule has 48 heavy (non-hydrogen) atoms. The van der Waals surface area contributed by atoms with Gasteiger partial charge in [0.15, 0.2) is 0 Å². The van der Waals surface area contributed by atoms with Crippen LogP contribution in [0.25, 0.3) is 0 Å². The first-order valence-electron chi connectivity index (χ1n) is 16.6. The molecular weight excluding hydrogens is 618 g/mol. The number of nitrogens with zero attached hydrogens (tertiary/aromatic N) is 1. The molecule has 4 N–H and O–H groups in total. The maximum Gasteiger partial charge on any atom is 0.329 e. The van der Waals surface area contributed by atoms with E-state index in [9.17, 15) is 28.8 Å². The van der Waals surface area contributed by atoms with Crippen molar-refractivity contribution in [3.8, 4) is 0 Å². The molecule has 4 atom stereocenters. The Kier molecular flexibility index (Phi) is 14.9. The van der Waals surface area contributed by atoms with E-state index in [2.05, 4.69) is 27.8 Å². The van der Waals surface area contributed by atoms with Crippen LogP contribution in [0.1, 0.15) is 87.0 Å². The Morgan fingerprint density at radius 1 is 0.979 bits per heavy atom. The normalized spacial score (nSPS) is 18.2. The van der Waals surface area contributed by atoms with Gasteiger partial charge >= 0.3 is 12.0 Å². The van der Waals surface area contributed by atoms with Gasteiger partial charge in [-0.2, -0.15) is 0 Å². The predicted molar refractivity (Wildman–Crippen MR) is 181 cm³/mol. The standard InChI is InChI=1S/C35H55N5O8/c1-10-13-24(26(41)30(43)36-19-11-2)37-29(42)25-14-12-20-40(25)31(44)27(34(3,4)5)38-33(46)39-28(35(6,7)8)32(45)48-21-22-15-17-23(47-9)18-16-22/h11,15,17,24-25,27-28H,2,10,12-14,16,18-21H2,1,3-9H3,(H,36,43)(H,37,42)(H2,38,39,46). The molecule has 0 aromatic heterocycles. The second kappa shape index (κ2) is 17.8. The first-order chi connectivity index (χ1) is 22.4. The third-order valence-corrected chi connectivity index (χ3v) is 8.30. The summed E-state index contributed by atoms with van der Waals surface area (Å²) in [6, 6.07) is -4.75. The van der Waals surface area contributed by atoms with E-state index in [1.807, 2.05) is 19.1 Å². The first kappa shape index (κ1) is 40.0. The first-order valence-corrected chi connectivity index (χ1v) is 16.6. The zero-order valence-corrected chi connectivity index (χ0v) is 29.8. The van der Waals surface area contributed by atoms with Gasteiger partial charge < -0.3 is 35.6 Å². The lowest BCUT2D eigenvalue weighted by molar-refractivity contribution is -0.147. The Hall–Kier alpha value is -4.16. The number of nitrogens with one attached hydrogen (secondary N) is 4. The van der Waals surface area contributed by atoms with Crippen LogP contribution in [-0.4, -0.2) is 91.4 Å². The lowest BCUT2D eigenvalue weighted by Gasteiger charge is -2.36. The number of allylic oxidation sites excluding steroid dienone is 3. The topological polar surface area (TPSA) is 172 Å². The Labute approximate surface area is 284 Å². The van der Waals surface area contributed by atoms with Crippen molar-refractivity contribution in [2.45, 2.75) is 111 Å². The van der Waals surface area contributed by atoms with Crippen molar-refractivity contribution in [2.75, 3.05) is 26.8 Å². The number of methoxy groups -OCH3 is 1. The quantitative estimate of drug-likeness (QED) is 0.117. The molecule has 1 aliphatic carbocycles. The van der Waals surface area contributed by atoms with Gasteiger partial charge in [-0.3, -0.25) is 19.2 Å². The molecule has 1 saturated heterocycles. The Bertz CT molecular complexity index is 1280. The lowest BCUT2D eigenvalue weighted by atomic mass is 9.85. The van der Waals surface area contributed by atoms with E-state index in [1.54, 1.807) is 48.7 Å². The van der Waals surface area contributed by atoms with Crippen molar-refractivity contribution in [2.24, 2.45) is 10.8 Å². The number of hydrogen-bond acceptors (Lipinski definition) is 8. The monoisotopic (exact) mass is 673 g/mol. The Morgan fingerprint density at radius 2 is 1.62 bits per heavy atom. The van der Waals surface area contributed by atoms with Crippen LogP contribution < -0.4 is 21.3 Å². The number of carbonyl (C=O) groups is 6. The van der Waals surface area contributed by atoms with Crippen LogP contribution in [-0.2, 0) is 33.4 Å². The summed E-state index contributed by atoms with van der Waals surface area (Å²) in [6.07, 6.45) is 8.21. The molecular formula is C35H55N5O8. The van der Waals surface area contributed by atoms with Crippen LogP contribution in [0.3, 0.4) is 0 Å². The molecule has 5 amide bonds. The largest absolute Gasteiger partial charge is 0.501 e. The van der Waals surface area contributed by atoms with Gasteiger partial charge in [-0.25, -0.2) is 9.59 Å². The molecule has 1 aliphatic heterocycles. The summed E-state index contributed by atoms with van der Waals surface area (Å²) < 4.78 is 10.8. The van der Waals surface area contributed by atoms with Gasteiger partial charge in [0.1, 0.15) is 24.7 Å². The van der Waals surface area contributed by atoms with Crippen molar-refractivity contribution in [3.63, 3.8) is 0 Å². The number of amides is 5. The van der Waals surface area contributed by atoms with Crippen LogP contribution in [0, 0.1) is 10.8 Å². The van der Waals surface area contributed by atoms with Gasteiger partial charge in [-0.05, 0) is 48.2 Å². The number of ether oxygens (including phenoxy) is 2. The highest BCUT2D eigenvalue weighted by Gasteiger charge is 2.43. The van der Waals surface area contributed by atoms with E-state index in [1.165, 1.54) is 11.0 Å². The number of rotatable bonds is 15. The number of Topliss-reactive ketones (excluding diaryl/α,β-unsaturated/α-hetero) is 1. The fourth-order valence-electron chi connectivity index (χ4n) is 5.48. The van der Waals surface area contributed by atoms with Crippen LogP contribution in [0.5, 0.6) is 0 Å². The third-order valence-electron chi connectivity index (χ3n) is 8.30. The maximum absolute atomic E-state index is 14.0. The third kappa shape index (κ3) is 11.5. The summed E-state index contributed by atoms with van der Waals surface area (Å²) in [7, 11) is 1.61. The second-order valence-electron chi connectivity index (χ2n) is 14.4. The van der Waals surface area contributed by atoms with Crippen LogP contribution >= 0.6 is 0 Å². The SMILES string of the molecule is C=CCNC(=O)C(=O)C(CCC)NC(=O)C1CCCN1C(=O)C(NC(=O)NC(C(=O)OCC1=CC=C(OC)CC1)C(C)(C)C)C(C)(C)C. The Morgan fingerprint density at radius 3 is 2.17 bits per heavy atom. The molecule has 0 spiro atoms. The molecule has 0 aromatic rings. The molecule has 13 nitrogen and oxygen atoms in total. The van der Waals surface area contributed by atoms with E-state index in [0.29, 0.717) is 32.1 Å². The number of urea groups is 1. The minimum Gasteiger partial charge on any atom is -0.501 e. The van der Waals surface area contributed by atoms with Gasteiger partial charge in [0.25, 0.3) is 5.91 Å². The second-order valence-corrected chi connectivity index (χ2v) is 14.4. The van der Waals surface area contributed by atoms with Crippen LogP contribution in [0.2, 0.25) is 0 Å². The molecule has 0 saturated carbocycles. The van der Waals surface area contributed by atoms with Crippen molar-refractivity contribution >= 4 is 35.5 Å². The average Bonchev–Trinajstić information content (AvgIpc) is 3.52. The fourth-order valence-corrected chi connectivity index (χ4v) is 5.48. The van der Waals surface area contributed by atoms with Crippen LogP contribution in [0.4, 0.5) is 4.79 Å². The van der Waals surface area contributed by atoms with E-state index < -0.39 is 70.5 Å². The van der Waals surface area contributed by atoms with E-state index in [-0.39, 0.29) is 26.1 Å². The molecule has 4 unspecified atom stereocenters. The van der Waals surface area contributed by atoms with Gasteiger partial charge in [-0.1, -0.05) is 67.0 Å². The molecule has 268 valence electrons. The summed E-state index contributed by atoms with van der Waals surface area (Å²) in [5, 5.41) is 10.6. The number of esters is 1. The molecule has 0 aromatic carbocycles. The van der Waals surface area contributed by atoms with Gasteiger partial charge in [-0.15, -0.1) is 6.58 Å². The van der Waals surface area contributed by atoms with Crippen molar-refractivity contribution in [1.29, 1.82) is 0 Å². The molecule has 1 fully saturated rings. The summed E-state index contributed by atoms with van der Waals surface area (Å²) in [6.45, 7) is 16.6. The highest BCUT2D eigenvalue weighted by Crippen LogP contribution is 2.27. The highest BCUT2D eigenvalue weighted by molar-refractivity contribution is 6.38. The average molecular weight is 674 g/mol. The highest BCUT2D eigenvalue weighted by atomic mass is 16.5. The minimum absolute atomic E-state index is 0.0773. The van der Waals surface area contributed by atoms with Crippen molar-refractivity contribution in [1.82, 2.24) is 26.2 Å². The number of hydrogen-bond donors (Lipinski definition) is 4. The van der Waals surface area contributed by atoms with Gasteiger partial charge in [0.05, 0.1) is 18.9 Å². The molecule has 0 radical (unpaired) electrons. The number of carbonyl (C=O) groups excluding carboxylic acids is 6. The van der Waals surface area contributed by atoms with Gasteiger partial charge in [0.2, 0.25) is 17.6 Å². The zero-order valence-electron chi connectivity index (χ0n) is 29.8. The van der Waals surface area contributed by atoms with Crippen LogP contribution in [0.15, 0.2) is 36.1 Å². The van der Waals surface area contributed by atoms with Crippen molar-refractivity contribution in [3.05, 3.63) is 36.1 Å². The van der Waals surface area contributed by atoms with Gasteiger partial charge in [0, 0.05) is 19.5 Å². The number of ketones is 1. The Balaban J connectivity index is 2.16. The molecule has 1 heterocycles. The number of likely N-dealkylation sites (tertiary alicyclic amines) is 1. The molecule has 2 aliphatic rings. The molecule has 0 bridgehead atoms. The zero-order chi connectivity index (χ0) is 36.2. The summed E-state index contributed by atoms with van der Waals surface area (Å²) in [5.41, 5.74) is -0.570. The molecule has 2 rings (SSSR count). The lowest BCUT2D eigenvalue weighted by Crippen LogP contribution is -2.61. The minimum atomic E-state index is -1.06. The predicted octanol–water partition coefficient (Wildman–Crippen LogP) is 3.06. The summed E-state index contributed by atoms with van der Waals surface area (Å²) in [5.74, 6) is -2.37. The van der Waals surface area contributed by atoms with E-state index >= 15 is 0 Å². The molecule has 13 heteroatoms. The van der Waals surface area contributed by atoms with E-state index in [4.69, 9.17) is 9.47 Å². The summed E-state index contributed by atoms with van der Waals surface area (Å²) in [4.78, 5) is 80.6. The maximum atomic E-state index is 14.0. The smallest absolute Gasteiger partial charge is 0.329 e. The van der Waals surface area contributed by atoms with E-state index in [0.717, 1.165) is 11.3 Å².